The maximum atomic E-state index is 15.6. The molecule has 6 rings (SSSR count). The molecule has 13 heteroatoms. The van der Waals surface area contributed by atoms with E-state index < -0.39 is 22.7 Å². The average Bonchev–Trinajstić information content (AvgIpc) is 3.43. The largest absolute Gasteiger partial charge is 0.485 e. The molecule has 0 bridgehead atoms. The molecule has 0 radical (unpaired) electrons. The van der Waals surface area contributed by atoms with E-state index in [-0.39, 0.29) is 95.7 Å². The van der Waals surface area contributed by atoms with Crippen LogP contribution in [0.1, 0.15) is 65.5 Å². The van der Waals surface area contributed by atoms with Gasteiger partial charge in [0.25, 0.3) is 5.69 Å². The first-order valence-corrected chi connectivity index (χ1v) is 18.8. The standard InChI is InChI=1S/C44H44FN3O9/c1-27(2)38-39-28(3)34(40(47(39)42(38)50)44(52)57-43(51)31-17-19-33(20-18-31)48(53)54)24-46(4)21-11-16-36(49)32-22-35(45)41(56-26-30-14-9-6-10-15-30)37(23-32)55-25-29-12-7-5-8-13-29/h5-10,12-15,17-20,22-23,27-28,38-39H,11,16,21,24-26H2,1-4H3/t28-,38+,39+/m0/s1. The summed E-state index contributed by atoms with van der Waals surface area (Å²) in [6, 6.07) is 25.8. The number of hydrogen-bond donors (Lipinski definition) is 0. The number of Topliss-reactive ketones (excluding diaryl/α,β-unsaturated/α-hetero) is 1. The van der Waals surface area contributed by atoms with Gasteiger partial charge in [0, 0.05) is 36.6 Å². The number of ether oxygens (including phenoxy) is 3. The zero-order valence-electron chi connectivity index (χ0n) is 32.2. The van der Waals surface area contributed by atoms with Crippen molar-refractivity contribution in [3.05, 3.63) is 147 Å². The minimum absolute atomic E-state index is 0.0145. The van der Waals surface area contributed by atoms with Gasteiger partial charge in [-0.05, 0) is 66.9 Å². The minimum atomic E-state index is -1.00. The molecule has 2 heterocycles. The van der Waals surface area contributed by atoms with Gasteiger partial charge in [-0.1, -0.05) is 81.4 Å². The van der Waals surface area contributed by atoms with E-state index in [0.29, 0.717) is 18.5 Å². The topological polar surface area (TPSA) is 146 Å². The third-order valence-corrected chi connectivity index (χ3v) is 10.4. The highest BCUT2D eigenvalue weighted by Crippen LogP contribution is 2.49. The zero-order chi connectivity index (χ0) is 40.8. The number of benzene rings is 4. The van der Waals surface area contributed by atoms with Crippen LogP contribution in [0, 0.1) is 33.7 Å². The fraction of sp³-hybridized carbons (Fsp3) is 0.318. The number of carbonyl (C=O) groups is 4. The molecule has 2 aliphatic rings. The number of nitro benzene ring substituents is 1. The molecule has 2 aliphatic heterocycles. The number of amides is 1. The number of halogens is 1. The summed E-state index contributed by atoms with van der Waals surface area (Å²) in [6.45, 7) is 6.73. The number of rotatable bonds is 17. The van der Waals surface area contributed by atoms with Gasteiger partial charge in [0.2, 0.25) is 5.91 Å². The average molecular weight is 778 g/mol. The van der Waals surface area contributed by atoms with Crippen molar-refractivity contribution in [3.8, 4) is 11.5 Å². The molecule has 4 aromatic carbocycles. The fourth-order valence-electron chi connectivity index (χ4n) is 7.41. The predicted octanol–water partition coefficient (Wildman–Crippen LogP) is 7.56. The van der Waals surface area contributed by atoms with Crippen LogP contribution in [-0.2, 0) is 27.5 Å². The Balaban J connectivity index is 1.13. The second kappa shape index (κ2) is 17.7. The van der Waals surface area contributed by atoms with E-state index >= 15 is 4.39 Å². The van der Waals surface area contributed by atoms with E-state index in [1.54, 1.807) is 0 Å². The molecular weight excluding hydrogens is 733 g/mol. The van der Waals surface area contributed by atoms with Crippen LogP contribution in [0.2, 0.25) is 0 Å². The normalized spacial score (nSPS) is 17.4. The first kappa shape index (κ1) is 40.5. The SMILES string of the molecule is CC(C)[C@H]1C(=O)N2C(C(=O)OC(=O)c3ccc([N+](=O)[O-])cc3)=C(CN(C)CCCC(=O)c3cc(F)c(OCc4ccccc4)c(OCc4ccccc4)c3)[C@H](C)[C@H]12. The zero-order valence-corrected chi connectivity index (χ0v) is 32.2. The van der Waals surface area contributed by atoms with Crippen molar-refractivity contribution in [1.29, 1.82) is 0 Å². The highest BCUT2D eigenvalue weighted by Gasteiger charge is 2.59. The molecule has 1 saturated heterocycles. The van der Waals surface area contributed by atoms with Gasteiger partial charge in [-0.25, -0.2) is 14.0 Å². The predicted molar refractivity (Wildman–Crippen MR) is 208 cm³/mol. The lowest BCUT2D eigenvalue weighted by molar-refractivity contribution is -0.384. The Morgan fingerprint density at radius 1 is 0.877 bits per heavy atom. The van der Waals surface area contributed by atoms with Gasteiger partial charge in [0.05, 0.1) is 22.4 Å². The summed E-state index contributed by atoms with van der Waals surface area (Å²) in [5.74, 6) is -3.72. The van der Waals surface area contributed by atoms with Gasteiger partial charge in [0.1, 0.15) is 18.9 Å². The third kappa shape index (κ3) is 9.10. The van der Waals surface area contributed by atoms with E-state index in [1.807, 2.05) is 93.4 Å². The van der Waals surface area contributed by atoms with Crippen molar-refractivity contribution < 1.29 is 42.7 Å². The molecule has 0 N–H and O–H groups in total. The van der Waals surface area contributed by atoms with Crippen molar-refractivity contribution in [2.75, 3.05) is 20.1 Å². The second-order valence-corrected chi connectivity index (χ2v) is 14.7. The number of esters is 2. The molecule has 0 aromatic heterocycles. The number of ketones is 1. The van der Waals surface area contributed by atoms with E-state index in [1.165, 1.54) is 23.1 Å². The Labute approximate surface area is 330 Å². The highest BCUT2D eigenvalue weighted by atomic mass is 19.1. The summed E-state index contributed by atoms with van der Waals surface area (Å²) in [5.41, 5.74) is 2.20. The third-order valence-electron chi connectivity index (χ3n) is 10.4. The summed E-state index contributed by atoms with van der Waals surface area (Å²) in [6.07, 6.45) is 0.478. The van der Waals surface area contributed by atoms with Crippen LogP contribution in [-0.4, -0.2) is 64.5 Å². The van der Waals surface area contributed by atoms with Crippen LogP contribution in [0.4, 0.5) is 10.1 Å². The Morgan fingerprint density at radius 2 is 1.49 bits per heavy atom. The number of nitrogens with zero attached hydrogens (tertiary/aromatic N) is 3. The molecule has 12 nitrogen and oxygen atoms in total. The van der Waals surface area contributed by atoms with Crippen LogP contribution < -0.4 is 9.47 Å². The number of fused-ring (bicyclic) bond motifs is 1. The maximum Gasteiger partial charge on any atom is 0.362 e. The number of β-lactam (4-membered cyclic amide) rings is 1. The van der Waals surface area contributed by atoms with Crippen LogP contribution in [0.5, 0.6) is 11.5 Å². The van der Waals surface area contributed by atoms with Crippen molar-refractivity contribution in [2.45, 2.75) is 52.9 Å². The molecule has 0 aliphatic carbocycles. The molecule has 4 aromatic rings. The Morgan fingerprint density at radius 3 is 2.09 bits per heavy atom. The van der Waals surface area contributed by atoms with Gasteiger partial charge in [0.15, 0.2) is 23.1 Å². The molecule has 3 atom stereocenters. The van der Waals surface area contributed by atoms with Crippen LogP contribution in [0.3, 0.4) is 0 Å². The summed E-state index contributed by atoms with van der Waals surface area (Å²) in [5, 5.41) is 11.0. The van der Waals surface area contributed by atoms with Crippen LogP contribution >= 0.6 is 0 Å². The summed E-state index contributed by atoms with van der Waals surface area (Å²) < 4.78 is 32.7. The molecule has 1 amide bonds. The first-order chi connectivity index (χ1) is 27.3. The smallest absolute Gasteiger partial charge is 0.362 e. The second-order valence-electron chi connectivity index (χ2n) is 14.7. The van der Waals surface area contributed by atoms with Crippen molar-refractivity contribution >= 4 is 29.3 Å². The number of nitro groups is 1. The Bertz CT molecular complexity index is 2170. The quantitative estimate of drug-likeness (QED) is 0.0263. The first-order valence-electron chi connectivity index (χ1n) is 18.8. The van der Waals surface area contributed by atoms with E-state index in [4.69, 9.17) is 14.2 Å². The van der Waals surface area contributed by atoms with Gasteiger partial charge in [-0.3, -0.25) is 19.7 Å². The number of carbonyl (C=O) groups excluding carboxylic acids is 4. The van der Waals surface area contributed by atoms with Gasteiger partial charge >= 0.3 is 11.9 Å². The molecule has 0 unspecified atom stereocenters. The van der Waals surface area contributed by atoms with Crippen LogP contribution in [0.25, 0.3) is 0 Å². The summed E-state index contributed by atoms with van der Waals surface area (Å²) >= 11 is 0. The number of non-ortho nitro benzene ring substituents is 1. The lowest BCUT2D eigenvalue weighted by Gasteiger charge is -2.47. The molecular formula is C44H44FN3O9. The molecule has 0 saturated carbocycles. The number of likely N-dealkylation sites (N-methyl/N-ethyl adjacent to an activating group) is 1. The summed E-state index contributed by atoms with van der Waals surface area (Å²) in [4.78, 5) is 67.1. The van der Waals surface area contributed by atoms with Crippen molar-refractivity contribution in [1.82, 2.24) is 9.80 Å². The minimum Gasteiger partial charge on any atom is -0.485 e. The van der Waals surface area contributed by atoms with Crippen molar-refractivity contribution in [2.24, 2.45) is 17.8 Å². The van der Waals surface area contributed by atoms with E-state index in [2.05, 4.69) is 0 Å². The molecule has 0 spiro atoms. The Kier molecular flexibility index (Phi) is 12.6. The molecule has 1 fully saturated rings. The van der Waals surface area contributed by atoms with Gasteiger partial charge in [-0.15, -0.1) is 0 Å². The van der Waals surface area contributed by atoms with E-state index in [0.717, 1.165) is 29.3 Å². The van der Waals surface area contributed by atoms with Gasteiger partial charge in [-0.2, -0.15) is 0 Å². The van der Waals surface area contributed by atoms with E-state index in [9.17, 15) is 29.3 Å². The molecule has 57 heavy (non-hydrogen) atoms. The monoisotopic (exact) mass is 777 g/mol. The fourth-order valence-corrected chi connectivity index (χ4v) is 7.41. The Hall–Kier alpha value is -6.21. The maximum absolute atomic E-state index is 15.6. The van der Waals surface area contributed by atoms with Crippen LogP contribution in [0.15, 0.2) is 108 Å². The molecule has 296 valence electrons. The lowest BCUT2D eigenvalue weighted by atomic mass is 9.74. The van der Waals surface area contributed by atoms with Gasteiger partial charge < -0.3 is 24.0 Å². The number of hydrogen-bond acceptors (Lipinski definition) is 10. The van der Waals surface area contributed by atoms with Crippen molar-refractivity contribution in [3.63, 3.8) is 0 Å². The summed E-state index contributed by atoms with van der Waals surface area (Å²) in [7, 11) is 1.82. The highest BCUT2D eigenvalue weighted by molar-refractivity contribution is 6.06. The lowest BCUT2D eigenvalue weighted by Crippen LogP contribution is -2.62.